The van der Waals surface area contributed by atoms with Crippen molar-refractivity contribution in [2.24, 2.45) is 0 Å². The molecule has 2 aromatic rings. The van der Waals surface area contributed by atoms with E-state index in [0.717, 1.165) is 16.1 Å². The molecule has 1 N–H and O–H groups in total. The average Bonchev–Trinajstić information content (AvgIpc) is 2.60. The number of methoxy groups -OCH3 is 1. The molecule has 29 heavy (non-hydrogen) atoms. The molecule has 1 amide bonds. The topological polar surface area (TPSA) is 75.7 Å². The van der Waals surface area contributed by atoms with Crippen molar-refractivity contribution in [3.8, 4) is 5.75 Å². The number of carbonyl (C=O) groups excluding carboxylic acids is 1. The summed E-state index contributed by atoms with van der Waals surface area (Å²) >= 11 is 6.07. The van der Waals surface area contributed by atoms with Crippen molar-refractivity contribution in [2.75, 3.05) is 17.7 Å². The van der Waals surface area contributed by atoms with Gasteiger partial charge in [0.05, 0.1) is 19.1 Å². The predicted molar refractivity (Wildman–Crippen MR) is 117 cm³/mol. The van der Waals surface area contributed by atoms with Crippen LogP contribution in [-0.2, 0) is 21.2 Å². The highest BCUT2D eigenvalue weighted by atomic mass is 35.5. The van der Waals surface area contributed by atoms with Gasteiger partial charge in [-0.15, -0.1) is 0 Å². The fraction of sp³-hybridized carbons (Fsp3) is 0.381. The molecule has 0 saturated carbocycles. The first-order chi connectivity index (χ1) is 13.4. The van der Waals surface area contributed by atoms with Crippen molar-refractivity contribution in [1.82, 2.24) is 5.32 Å². The maximum atomic E-state index is 13.0. The second-order valence-electron chi connectivity index (χ2n) is 7.59. The molecule has 0 aliphatic rings. The van der Waals surface area contributed by atoms with Crippen molar-refractivity contribution in [2.45, 2.75) is 38.8 Å². The molecule has 0 aromatic heterocycles. The van der Waals surface area contributed by atoms with Crippen molar-refractivity contribution >= 4 is 33.2 Å². The number of nitrogens with one attached hydrogen (secondary N) is 1. The van der Waals surface area contributed by atoms with Crippen LogP contribution in [-0.4, -0.2) is 39.3 Å². The van der Waals surface area contributed by atoms with E-state index in [1.807, 2.05) is 44.2 Å². The summed E-state index contributed by atoms with van der Waals surface area (Å²) in [7, 11) is -2.36. The third kappa shape index (κ3) is 6.11. The highest BCUT2D eigenvalue weighted by Crippen LogP contribution is 2.34. The summed E-state index contributed by atoms with van der Waals surface area (Å²) in [5, 5.41) is 3.30. The van der Waals surface area contributed by atoms with E-state index in [9.17, 15) is 13.2 Å². The van der Waals surface area contributed by atoms with Gasteiger partial charge in [0.1, 0.15) is 11.8 Å². The molecule has 0 spiro atoms. The quantitative estimate of drug-likeness (QED) is 0.682. The highest BCUT2D eigenvalue weighted by molar-refractivity contribution is 7.92. The molecule has 0 saturated heterocycles. The summed E-state index contributed by atoms with van der Waals surface area (Å²) in [4.78, 5) is 13.0. The molecule has 8 heteroatoms. The van der Waals surface area contributed by atoms with Crippen LogP contribution in [0.15, 0.2) is 48.5 Å². The SMILES string of the molecule is COc1ccc(Cl)cc1N([C@@H](C)C(=O)NC(C)(C)Cc1ccccc1)S(C)(=O)=O. The Balaban J connectivity index is 2.31. The van der Waals surface area contributed by atoms with Gasteiger partial charge in [-0.25, -0.2) is 8.42 Å². The molecule has 2 rings (SSSR count). The van der Waals surface area contributed by atoms with Gasteiger partial charge < -0.3 is 10.1 Å². The van der Waals surface area contributed by atoms with Gasteiger partial charge >= 0.3 is 0 Å². The molecule has 0 fully saturated rings. The van der Waals surface area contributed by atoms with E-state index in [-0.39, 0.29) is 5.69 Å². The zero-order valence-corrected chi connectivity index (χ0v) is 18.8. The van der Waals surface area contributed by atoms with Crippen molar-refractivity contribution in [3.05, 3.63) is 59.1 Å². The lowest BCUT2D eigenvalue weighted by Gasteiger charge is -2.33. The van der Waals surface area contributed by atoms with Crippen LogP contribution < -0.4 is 14.4 Å². The van der Waals surface area contributed by atoms with E-state index in [0.29, 0.717) is 17.2 Å². The van der Waals surface area contributed by atoms with Crippen molar-refractivity contribution < 1.29 is 17.9 Å². The summed E-state index contributed by atoms with van der Waals surface area (Å²) < 4.78 is 31.4. The Morgan fingerprint density at radius 2 is 1.83 bits per heavy atom. The van der Waals surface area contributed by atoms with E-state index in [2.05, 4.69) is 5.32 Å². The molecule has 0 heterocycles. The normalized spacial score (nSPS) is 12.9. The molecular weight excluding hydrogens is 412 g/mol. The predicted octanol–water partition coefficient (Wildman–Crippen LogP) is 3.64. The third-order valence-electron chi connectivity index (χ3n) is 4.42. The number of hydrogen-bond donors (Lipinski definition) is 1. The third-order valence-corrected chi connectivity index (χ3v) is 5.88. The monoisotopic (exact) mass is 438 g/mol. The van der Waals surface area contributed by atoms with Crippen molar-refractivity contribution in [1.29, 1.82) is 0 Å². The van der Waals surface area contributed by atoms with Crippen LogP contribution in [0.2, 0.25) is 5.02 Å². The van der Waals surface area contributed by atoms with Gasteiger partial charge in [-0.3, -0.25) is 9.10 Å². The number of benzene rings is 2. The van der Waals surface area contributed by atoms with Crippen LogP contribution in [0.4, 0.5) is 5.69 Å². The molecule has 0 aliphatic carbocycles. The second-order valence-corrected chi connectivity index (χ2v) is 9.88. The summed E-state index contributed by atoms with van der Waals surface area (Å²) in [6.07, 6.45) is 1.65. The lowest BCUT2D eigenvalue weighted by molar-refractivity contribution is -0.123. The van der Waals surface area contributed by atoms with Crippen LogP contribution in [0.25, 0.3) is 0 Å². The summed E-state index contributed by atoms with van der Waals surface area (Å²) in [5.74, 6) is -0.110. The van der Waals surface area contributed by atoms with E-state index in [1.165, 1.54) is 20.1 Å². The molecular formula is C21H27ClN2O4S. The van der Waals surface area contributed by atoms with Gasteiger partial charge in [0.2, 0.25) is 15.9 Å². The number of rotatable bonds is 8. The Morgan fingerprint density at radius 1 is 1.21 bits per heavy atom. The number of hydrogen-bond acceptors (Lipinski definition) is 4. The Labute approximate surface area is 177 Å². The number of amides is 1. The smallest absolute Gasteiger partial charge is 0.244 e. The second kappa shape index (κ2) is 9.05. The minimum absolute atomic E-state index is 0.214. The zero-order chi connectivity index (χ0) is 21.8. The van der Waals surface area contributed by atoms with E-state index in [4.69, 9.17) is 16.3 Å². The average molecular weight is 439 g/mol. The number of sulfonamides is 1. The zero-order valence-electron chi connectivity index (χ0n) is 17.3. The molecule has 1 atom stereocenters. The van der Waals surface area contributed by atoms with Crippen molar-refractivity contribution in [3.63, 3.8) is 0 Å². The molecule has 2 aromatic carbocycles. The van der Waals surface area contributed by atoms with Gasteiger partial charge in [0.15, 0.2) is 0 Å². The number of anilines is 1. The molecule has 158 valence electrons. The minimum atomic E-state index is -3.79. The van der Waals surface area contributed by atoms with E-state index < -0.39 is 27.5 Å². The van der Waals surface area contributed by atoms with Gasteiger partial charge in [-0.2, -0.15) is 0 Å². The van der Waals surface area contributed by atoms with Gasteiger partial charge in [-0.05, 0) is 51.0 Å². The summed E-state index contributed by atoms with van der Waals surface area (Å²) in [6, 6.07) is 13.4. The molecule has 0 aliphatic heterocycles. The number of carbonyl (C=O) groups is 1. The van der Waals surface area contributed by atoms with Gasteiger partial charge in [0, 0.05) is 10.6 Å². The first kappa shape index (κ1) is 23.0. The fourth-order valence-corrected chi connectivity index (χ4v) is 4.54. The number of halogens is 1. The molecule has 6 nitrogen and oxygen atoms in total. The fourth-order valence-electron chi connectivity index (χ4n) is 3.20. The number of ether oxygens (including phenoxy) is 1. The van der Waals surface area contributed by atoms with Crippen LogP contribution in [0.5, 0.6) is 5.75 Å². The first-order valence-electron chi connectivity index (χ1n) is 9.13. The number of nitrogens with zero attached hydrogens (tertiary/aromatic N) is 1. The van der Waals surface area contributed by atoms with Crippen LogP contribution in [0, 0.1) is 0 Å². The lowest BCUT2D eigenvalue weighted by atomic mass is 9.94. The van der Waals surface area contributed by atoms with Gasteiger partial charge in [-0.1, -0.05) is 41.9 Å². The Bertz CT molecular complexity index is 962. The molecule has 0 unspecified atom stereocenters. The van der Waals surface area contributed by atoms with E-state index in [1.54, 1.807) is 12.1 Å². The van der Waals surface area contributed by atoms with E-state index >= 15 is 0 Å². The Morgan fingerprint density at radius 3 is 2.38 bits per heavy atom. The maximum Gasteiger partial charge on any atom is 0.244 e. The van der Waals surface area contributed by atoms with Gasteiger partial charge in [0.25, 0.3) is 0 Å². The molecule has 0 radical (unpaired) electrons. The molecule has 0 bridgehead atoms. The lowest BCUT2D eigenvalue weighted by Crippen LogP contribution is -2.54. The van der Waals surface area contributed by atoms with Crippen LogP contribution in [0.1, 0.15) is 26.3 Å². The van der Waals surface area contributed by atoms with Crippen LogP contribution in [0.3, 0.4) is 0 Å². The summed E-state index contributed by atoms with van der Waals surface area (Å²) in [6.45, 7) is 5.33. The maximum absolute atomic E-state index is 13.0. The van der Waals surface area contributed by atoms with Crippen LogP contribution >= 0.6 is 11.6 Å². The largest absolute Gasteiger partial charge is 0.495 e. The standard InChI is InChI=1S/C21H27ClN2O4S/c1-15(20(25)23-21(2,3)14-16-9-7-6-8-10-16)24(29(5,26)27)18-13-17(22)11-12-19(18)28-4/h6-13,15H,14H2,1-5H3,(H,23,25)/t15-/m0/s1. The Kier molecular flexibility index (Phi) is 7.19. The summed E-state index contributed by atoms with van der Waals surface area (Å²) in [5.41, 5.74) is 0.710. The first-order valence-corrected chi connectivity index (χ1v) is 11.4. The Hall–Kier alpha value is -2.25. The minimum Gasteiger partial charge on any atom is -0.495 e. The highest BCUT2D eigenvalue weighted by Gasteiger charge is 2.33.